The summed E-state index contributed by atoms with van der Waals surface area (Å²) < 4.78 is 11.6. The van der Waals surface area contributed by atoms with Gasteiger partial charge in [0.05, 0.1) is 11.3 Å². The van der Waals surface area contributed by atoms with Crippen LogP contribution < -0.4 is 10.2 Å². The van der Waals surface area contributed by atoms with Crippen molar-refractivity contribution in [3.05, 3.63) is 30.1 Å². The van der Waals surface area contributed by atoms with Crippen molar-refractivity contribution in [3.63, 3.8) is 0 Å². The first-order valence-electron chi connectivity index (χ1n) is 9.61. The van der Waals surface area contributed by atoms with Crippen molar-refractivity contribution in [2.24, 2.45) is 11.8 Å². The maximum atomic E-state index is 11.6. The number of benzene rings is 1. The quantitative estimate of drug-likeness (QED) is 0.813. The van der Waals surface area contributed by atoms with Gasteiger partial charge in [-0.2, -0.15) is 5.26 Å². The number of nitrogens with zero attached hydrogens (tertiary/aromatic N) is 4. The first-order chi connectivity index (χ1) is 13.1. The summed E-state index contributed by atoms with van der Waals surface area (Å²) in [6.07, 6.45) is 5.55. The van der Waals surface area contributed by atoms with Crippen LogP contribution in [0.15, 0.2) is 24.5 Å². The van der Waals surface area contributed by atoms with E-state index in [-0.39, 0.29) is 0 Å². The van der Waals surface area contributed by atoms with Crippen molar-refractivity contribution in [2.45, 2.75) is 25.8 Å². The van der Waals surface area contributed by atoms with Crippen LogP contribution in [0.25, 0.3) is 11.0 Å². The molecule has 3 unspecified atom stereocenters. The van der Waals surface area contributed by atoms with Gasteiger partial charge in [-0.1, -0.05) is 18.1 Å². The van der Waals surface area contributed by atoms with Crippen molar-refractivity contribution in [1.29, 1.82) is 5.26 Å². The molecule has 0 saturated carbocycles. The van der Waals surface area contributed by atoms with Crippen LogP contribution in [0.4, 0.5) is 5.69 Å². The number of hydrogen-bond donors (Lipinski definition) is 1. The van der Waals surface area contributed by atoms with Crippen LogP contribution in [0.2, 0.25) is 0 Å². The van der Waals surface area contributed by atoms with Gasteiger partial charge >= 0.3 is 0 Å². The molecule has 0 radical (unpaired) electrons. The summed E-state index contributed by atoms with van der Waals surface area (Å²) in [5.41, 5.74) is 3.09. The van der Waals surface area contributed by atoms with Gasteiger partial charge in [0.25, 0.3) is 0 Å². The van der Waals surface area contributed by atoms with Crippen LogP contribution in [0, 0.1) is 23.2 Å². The number of piperidine rings is 1. The summed E-state index contributed by atoms with van der Waals surface area (Å²) in [6, 6.07) is 6.48. The molecule has 27 heavy (non-hydrogen) atoms. The van der Waals surface area contributed by atoms with Gasteiger partial charge in [-0.05, 0) is 24.5 Å². The molecule has 4 atom stereocenters. The molecule has 0 amide bonds. The largest absolute Gasteiger partial charge is 0.616 e. The molecule has 1 aromatic carbocycles. The molecule has 0 bridgehead atoms. The van der Waals surface area contributed by atoms with Gasteiger partial charge in [-0.3, -0.25) is 9.97 Å². The number of aromatic nitrogens is 2. The fourth-order valence-corrected chi connectivity index (χ4v) is 5.88. The van der Waals surface area contributed by atoms with E-state index in [1.807, 2.05) is 12.1 Å². The predicted molar refractivity (Wildman–Crippen MR) is 108 cm³/mol. The van der Waals surface area contributed by atoms with Gasteiger partial charge in [0.1, 0.15) is 28.6 Å². The summed E-state index contributed by atoms with van der Waals surface area (Å²) >= 11 is -0.614. The van der Waals surface area contributed by atoms with Crippen molar-refractivity contribution in [2.75, 3.05) is 36.0 Å². The number of nitrogens with one attached hydrogen (secondary N) is 1. The Bertz CT molecular complexity index is 854. The van der Waals surface area contributed by atoms with Gasteiger partial charge < -0.3 is 14.8 Å². The number of anilines is 1. The molecule has 2 aromatic rings. The Labute approximate surface area is 163 Å². The lowest BCUT2D eigenvalue weighted by Crippen LogP contribution is -2.50. The monoisotopic (exact) mass is 383 g/mol. The second kappa shape index (κ2) is 8.01. The average molecular weight is 384 g/mol. The highest BCUT2D eigenvalue weighted by atomic mass is 32.2. The van der Waals surface area contributed by atoms with Crippen LogP contribution in [-0.2, 0) is 11.2 Å². The summed E-state index contributed by atoms with van der Waals surface area (Å²) in [4.78, 5) is 11.3. The van der Waals surface area contributed by atoms with E-state index in [2.05, 4.69) is 33.2 Å². The predicted octanol–water partition coefficient (Wildman–Crippen LogP) is 2.07. The topological polar surface area (TPSA) is 87.9 Å². The number of nitriles is 1. The Morgan fingerprint density at radius 1 is 1.30 bits per heavy atom. The van der Waals surface area contributed by atoms with E-state index >= 15 is 0 Å². The van der Waals surface area contributed by atoms with Crippen molar-refractivity contribution in [1.82, 2.24) is 15.3 Å². The van der Waals surface area contributed by atoms with Gasteiger partial charge in [-0.25, -0.2) is 0 Å². The molecular formula is C20H25N5OS. The highest BCUT2D eigenvalue weighted by Crippen LogP contribution is 2.30. The van der Waals surface area contributed by atoms with Gasteiger partial charge in [-0.15, -0.1) is 0 Å². The number of rotatable bonds is 4. The Balaban J connectivity index is 1.52. The molecule has 0 spiro atoms. The molecule has 142 valence electrons. The van der Waals surface area contributed by atoms with E-state index in [9.17, 15) is 9.81 Å². The second-order valence-electron chi connectivity index (χ2n) is 7.81. The zero-order valence-electron chi connectivity index (χ0n) is 15.6. The maximum Gasteiger partial charge on any atom is 0.113 e. The maximum absolute atomic E-state index is 11.6. The fraction of sp³-hybridized carbons (Fsp3) is 0.550. The summed E-state index contributed by atoms with van der Waals surface area (Å²) in [7, 11) is 0. The normalized spacial score (nSPS) is 28.4. The first kappa shape index (κ1) is 18.5. The van der Waals surface area contributed by atoms with Crippen LogP contribution in [0.3, 0.4) is 0 Å². The Morgan fingerprint density at radius 3 is 2.85 bits per heavy atom. The molecule has 0 aliphatic carbocycles. The third-order valence-corrected chi connectivity index (χ3v) is 7.13. The fourth-order valence-electron chi connectivity index (χ4n) is 4.31. The van der Waals surface area contributed by atoms with Gasteiger partial charge in [0.2, 0.25) is 0 Å². The van der Waals surface area contributed by atoms with Gasteiger partial charge in [0, 0.05) is 50.4 Å². The lowest BCUT2D eigenvalue weighted by molar-refractivity contribution is 0.337. The number of fused-ring (bicyclic) bond motifs is 1. The Morgan fingerprint density at radius 2 is 2.11 bits per heavy atom. The minimum atomic E-state index is -0.614. The van der Waals surface area contributed by atoms with Crippen LogP contribution in [-0.4, -0.2) is 51.7 Å². The minimum absolute atomic E-state index is 0.408. The third kappa shape index (κ3) is 4.03. The summed E-state index contributed by atoms with van der Waals surface area (Å²) in [6.45, 7) is 5.12. The molecule has 2 aliphatic heterocycles. The SMILES string of the molecule is C[C@H]1CC(NCC2CC[S+]([O-])C2)CN(c2ccc(C#N)c3nccnc23)C1. The Hall–Kier alpha value is -1.88. The Kier molecular flexibility index (Phi) is 5.48. The zero-order chi connectivity index (χ0) is 18.8. The van der Waals surface area contributed by atoms with E-state index < -0.39 is 11.2 Å². The molecule has 2 aliphatic rings. The molecule has 2 saturated heterocycles. The van der Waals surface area contributed by atoms with Crippen LogP contribution in [0.1, 0.15) is 25.3 Å². The lowest BCUT2D eigenvalue weighted by atomic mass is 9.94. The lowest BCUT2D eigenvalue weighted by Gasteiger charge is -2.39. The van der Waals surface area contributed by atoms with E-state index in [0.29, 0.717) is 29.0 Å². The molecule has 7 heteroatoms. The molecule has 1 N–H and O–H groups in total. The second-order valence-corrected chi connectivity index (χ2v) is 9.44. The van der Waals surface area contributed by atoms with Crippen molar-refractivity contribution >= 4 is 27.9 Å². The number of hydrogen-bond acceptors (Lipinski definition) is 6. The molecule has 4 rings (SSSR count). The van der Waals surface area contributed by atoms with E-state index in [4.69, 9.17) is 0 Å². The molecular weight excluding hydrogens is 358 g/mol. The van der Waals surface area contributed by atoms with Crippen LogP contribution >= 0.6 is 0 Å². The highest BCUT2D eigenvalue weighted by molar-refractivity contribution is 7.91. The van der Waals surface area contributed by atoms with E-state index in [1.165, 1.54) is 0 Å². The summed E-state index contributed by atoms with van der Waals surface area (Å²) in [5.74, 6) is 2.80. The zero-order valence-corrected chi connectivity index (χ0v) is 16.4. The standard InChI is InChI=1S/C20H25N5OS/c1-14-8-17(24-10-15-4-7-27(26)13-15)12-25(11-14)18-3-2-16(9-21)19-20(18)23-6-5-22-19/h2-3,5-6,14-15,17,24H,4,7-8,10-13H2,1H3/t14-,15?,17?,27?/m0/s1. The average Bonchev–Trinajstić information content (AvgIpc) is 3.10. The third-order valence-electron chi connectivity index (χ3n) is 5.60. The molecule has 2 fully saturated rings. The van der Waals surface area contributed by atoms with E-state index in [1.54, 1.807) is 12.4 Å². The van der Waals surface area contributed by atoms with Crippen molar-refractivity contribution < 1.29 is 4.55 Å². The molecule has 3 heterocycles. The molecule has 1 aromatic heterocycles. The van der Waals surface area contributed by atoms with Crippen molar-refractivity contribution in [3.8, 4) is 6.07 Å². The van der Waals surface area contributed by atoms with Crippen LogP contribution in [0.5, 0.6) is 0 Å². The summed E-state index contributed by atoms with van der Waals surface area (Å²) in [5, 5.41) is 13.1. The van der Waals surface area contributed by atoms with Gasteiger partial charge in [0.15, 0.2) is 0 Å². The minimum Gasteiger partial charge on any atom is -0.616 e. The smallest absolute Gasteiger partial charge is 0.113 e. The van der Waals surface area contributed by atoms with E-state index in [0.717, 1.165) is 55.2 Å². The first-order valence-corrected chi connectivity index (χ1v) is 11.1. The highest BCUT2D eigenvalue weighted by Gasteiger charge is 2.30. The molecule has 6 nitrogen and oxygen atoms in total.